The van der Waals surface area contributed by atoms with Crippen molar-refractivity contribution in [1.29, 1.82) is 0 Å². The molecule has 1 aliphatic rings. The Labute approximate surface area is 250 Å². The van der Waals surface area contributed by atoms with Crippen LogP contribution in [0.15, 0.2) is 40.4 Å². The van der Waals surface area contributed by atoms with Gasteiger partial charge in [-0.3, -0.25) is 14.4 Å². The molecule has 3 N–H and O–H groups in total. The molecule has 1 fully saturated rings. The summed E-state index contributed by atoms with van der Waals surface area (Å²) in [5.74, 6) is -1.28. The highest BCUT2D eigenvalue weighted by molar-refractivity contribution is 7.13. The number of amides is 3. The molecule has 0 bridgehead atoms. The number of thiazole rings is 1. The van der Waals surface area contributed by atoms with Crippen molar-refractivity contribution in [3.63, 3.8) is 0 Å². The van der Waals surface area contributed by atoms with Crippen molar-refractivity contribution in [3.05, 3.63) is 58.6 Å². The maximum atomic E-state index is 13.8. The molecule has 4 rings (SSSR count). The number of rotatable bonds is 9. The summed E-state index contributed by atoms with van der Waals surface area (Å²) >= 11 is 1.55. The molecule has 226 valence electrons. The highest BCUT2D eigenvalue weighted by Gasteiger charge is 2.43. The number of likely N-dealkylation sites (tertiary alicyclic amines) is 1. The van der Waals surface area contributed by atoms with Gasteiger partial charge in [0.15, 0.2) is 0 Å². The number of carbonyl (C=O) groups excluding carboxylic acids is 3. The van der Waals surface area contributed by atoms with Crippen molar-refractivity contribution in [2.24, 2.45) is 5.92 Å². The number of carbonyl (C=O) groups is 3. The molecule has 0 unspecified atom stereocenters. The van der Waals surface area contributed by atoms with Gasteiger partial charge in [0.2, 0.25) is 17.7 Å². The molecule has 2 aromatic heterocycles. The van der Waals surface area contributed by atoms with E-state index in [4.69, 9.17) is 4.52 Å². The summed E-state index contributed by atoms with van der Waals surface area (Å²) in [4.78, 5) is 47.4. The van der Waals surface area contributed by atoms with Gasteiger partial charge < -0.3 is 25.2 Å². The molecule has 0 saturated carbocycles. The summed E-state index contributed by atoms with van der Waals surface area (Å²) in [6.07, 6.45) is -0.738. The average molecular weight is 596 g/mol. The Hall–Kier alpha value is -3.57. The average Bonchev–Trinajstić information content (AvgIpc) is 3.62. The minimum atomic E-state index is -0.898. The molecule has 11 heteroatoms. The topological polar surface area (TPSA) is 138 Å². The van der Waals surface area contributed by atoms with Crippen LogP contribution in [0, 0.1) is 19.8 Å². The monoisotopic (exact) mass is 595 g/mol. The van der Waals surface area contributed by atoms with Gasteiger partial charge in [-0.05, 0) is 51.7 Å². The van der Waals surface area contributed by atoms with Gasteiger partial charge in [0.05, 0.1) is 40.3 Å². The maximum Gasteiger partial charge on any atom is 0.243 e. The lowest BCUT2D eigenvalue weighted by molar-refractivity contribution is -0.141. The molecule has 0 radical (unpaired) electrons. The lowest BCUT2D eigenvalue weighted by Gasteiger charge is -2.30. The van der Waals surface area contributed by atoms with Crippen LogP contribution >= 0.6 is 11.3 Å². The Kier molecular flexibility index (Phi) is 9.52. The first-order valence-electron chi connectivity index (χ1n) is 14.3. The Balaban J connectivity index is 1.58. The fourth-order valence-electron chi connectivity index (χ4n) is 5.37. The van der Waals surface area contributed by atoms with E-state index in [2.05, 4.69) is 20.8 Å². The van der Waals surface area contributed by atoms with Crippen LogP contribution in [0.3, 0.4) is 0 Å². The second kappa shape index (κ2) is 12.7. The Morgan fingerprint density at radius 3 is 2.40 bits per heavy atom. The third-order valence-electron chi connectivity index (χ3n) is 7.29. The lowest BCUT2D eigenvalue weighted by atomic mass is 9.91. The minimum absolute atomic E-state index is 0.0110. The zero-order valence-corrected chi connectivity index (χ0v) is 26.1. The van der Waals surface area contributed by atoms with Crippen LogP contribution in [0.5, 0.6) is 0 Å². The van der Waals surface area contributed by atoms with E-state index in [-0.39, 0.29) is 37.1 Å². The number of β-amino-alcohol motifs (C(OH)–C–C–N with tert-alkyl or cyclic N) is 1. The molecule has 3 aromatic rings. The molecule has 1 aliphatic heterocycles. The fraction of sp³-hybridized carbons (Fsp3) is 0.516. The number of hydrogen-bond acceptors (Lipinski definition) is 8. The zero-order chi connectivity index (χ0) is 30.8. The highest BCUT2D eigenvalue weighted by Crippen LogP contribution is 2.32. The molecule has 4 atom stereocenters. The first-order valence-corrected chi connectivity index (χ1v) is 15.1. The summed E-state index contributed by atoms with van der Waals surface area (Å²) in [7, 11) is 0. The predicted octanol–water partition coefficient (Wildman–Crippen LogP) is 4.28. The van der Waals surface area contributed by atoms with Crippen LogP contribution in [0.2, 0.25) is 0 Å². The van der Waals surface area contributed by atoms with Crippen LogP contribution in [-0.4, -0.2) is 62.1 Å². The van der Waals surface area contributed by atoms with Crippen molar-refractivity contribution in [3.8, 4) is 10.4 Å². The molecule has 42 heavy (non-hydrogen) atoms. The quantitative estimate of drug-likeness (QED) is 0.336. The molecule has 1 saturated heterocycles. The second-order valence-corrected chi connectivity index (χ2v) is 13.3. The fourth-order valence-corrected chi connectivity index (χ4v) is 6.18. The summed E-state index contributed by atoms with van der Waals surface area (Å²) in [5.41, 5.74) is 4.71. The van der Waals surface area contributed by atoms with Gasteiger partial charge in [-0.2, -0.15) is 0 Å². The normalized spacial score (nSPS) is 18.6. The maximum absolute atomic E-state index is 13.8. The van der Waals surface area contributed by atoms with E-state index in [0.717, 1.165) is 21.7 Å². The van der Waals surface area contributed by atoms with E-state index in [9.17, 15) is 19.5 Å². The number of nitrogens with one attached hydrogen (secondary N) is 2. The molecule has 0 aliphatic carbocycles. The van der Waals surface area contributed by atoms with Gasteiger partial charge in [0, 0.05) is 24.6 Å². The number of benzene rings is 1. The van der Waals surface area contributed by atoms with E-state index in [1.165, 1.54) is 4.90 Å². The Bertz CT molecular complexity index is 1410. The van der Waals surface area contributed by atoms with Gasteiger partial charge in [-0.15, -0.1) is 11.3 Å². The number of aliphatic hydroxyl groups excluding tert-OH is 1. The molecule has 3 heterocycles. The lowest BCUT2D eigenvalue weighted by Crippen LogP contribution is -2.49. The van der Waals surface area contributed by atoms with Crippen LogP contribution in [0.4, 0.5) is 0 Å². The molecule has 1 aromatic carbocycles. The SMILES string of the molecule is Cc1cc([C@H](C(=O)N2C[C@H](O)C[C@H]2C(=O)N[C@@H](CC(=O)NC(C)(C)C)c2ccc(-c3scnc3C)cc2)C(C)C)on1. The van der Waals surface area contributed by atoms with E-state index in [1.54, 1.807) is 29.8 Å². The molecular formula is C31H41N5O5S. The molecular weight excluding hydrogens is 554 g/mol. The van der Waals surface area contributed by atoms with E-state index in [0.29, 0.717) is 11.5 Å². The first-order chi connectivity index (χ1) is 19.7. The summed E-state index contributed by atoms with van der Waals surface area (Å²) in [6, 6.07) is 7.89. The number of hydrogen-bond donors (Lipinski definition) is 3. The standard InChI is InChI=1S/C31H41N5O5S/c1-17(2)27(25-12-18(3)35-41-25)30(40)36-15-22(37)13-24(36)29(39)33-23(14-26(38)34-31(5,6)7)20-8-10-21(11-9-20)28-19(4)32-16-42-28/h8-12,16-17,22-24,27,37H,13-15H2,1-7H3,(H,33,39)(H,34,38)/t22-,23+,24+,27-/m1/s1. The van der Waals surface area contributed by atoms with Crippen molar-refractivity contribution >= 4 is 29.1 Å². The van der Waals surface area contributed by atoms with Crippen molar-refractivity contribution < 1.29 is 24.0 Å². The number of aryl methyl sites for hydroxylation is 2. The van der Waals surface area contributed by atoms with Gasteiger partial charge in [0.25, 0.3) is 0 Å². The van der Waals surface area contributed by atoms with Crippen molar-refractivity contribution in [1.82, 2.24) is 25.7 Å². The van der Waals surface area contributed by atoms with E-state index < -0.39 is 35.6 Å². The van der Waals surface area contributed by atoms with Crippen molar-refractivity contribution in [2.45, 2.75) is 91.0 Å². The second-order valence-electron chi connectivity index (χ2n) is 12.4. The largest absolute Gasteiger partial charge is 0.391 e. The summed E-state index contributed by atoms with van der Waals surface area (Å²) in [6.45, 7) is 13.3. The Morgan fingerprint density at radius 2 is 1.86 bits per heavy atom. The number of aromatic nitrogens is 2. The highest BCUT2D eigenvalue weighted by atomic mass is 32.1. The van der Waals surface area contributed by atoms with Crippen LogP contribution in [0.1, 0.15) is 82.1 Å². The van der Waals surface area contributed by atoms with Gasteiger partial charge in [0.1, 0.15) is 17.7 Å². The van der Waals surface area contributed by atoms with Gasteiger partial charge in [-0.25, -0.2) is 4.98 Å². The summed E-state index contributed by atoms with van der Waals surface area (Å²) in [5, 5.41) is 20.5. The van der Waals surface area contributed by atoms with Gasteiger partial charge >= 0.3 is 0 Å². The van der Waals surface area contributed by atoms with Crippen molar-refractivity contribution in [2.75, 3.05) is 6.54 Å². The Morgan fingerprint density at radius 1 is 1.17 bits per heavy atom. The molecule has 0 spiro atoms. The first kappa shape index (κ1) is 31.4. The smallest absolute Gasteiger partial charge is 0.243 e. The number of aliphatic hydroxyl groups is 1. The van der Waals surface area contributed by atoms with Crippen LogP contribution in [0.25, 0.3) is 10.4 Å². The minimum Gasteiger partial charge on any atom is -0.391 e. The zero-order valence-electron chi connectivity index (χ0n) is 25.3. The van der Waals surface area contributed by atoms with E-state index >= 15 is 0 Å². The molecule has 10 nitrogen and oxygen atoms in total. The third-order valence-corrected chi connectivity index (χ3v) is 8.27. The number of nitrogens with zero attached hydrogens (tertiary/aromatic N) is 3. The van der Waals surface area contributed by atoms with Crippen LogP contribution in [-0.2, 0) is 14.4 Å². The predicted molar refractivity (Wildman–Crippen MR) is 161 cm³/mol. The third kappa shape index (κ3) is 7.43. The van der Waals surface area contributed by atoms with E-state index in [1.807, 2.05) is 65.8 Å². The molecule has 3 amide bonds. The van der Waals surface area contributed by atoms with Crippen LogP contribution < -0.4 is 10.6 Å². The summed E-state index contributed by atoms with van der Waals surface area (Å²) < 4.78 is 5.43. The van der Waals surface area contributed by atoms with Gasteiger partial charge in [-0.1, -0.05) is 43.3 Å².